The second-order valence-corrected chi connectivity index (χ2v) is 8.75. The van der Waals surface area contributed by atoms with Crippen molar-refractivity contribution in [3.05, 3.63) is 65.7 Å². The number of benzene rings is 2. The van der Waals surface area contributed by atoms with Crippen LogP contribution in [0, 0.1) is 0 Å². The van der Waals surface area contributed by atoms with Crippen LogP contribution in [0.3, 0.4) is 0 Å². The number of nitrogens with zero attached hydrogens (tertiary/aromatic N) is 1. The lowest BCUT2D eigenvalue weighted by molar-refractivity contribution is -0.137. The third-order valence-corrected chi connectivity index (χ3v) is 6.60. The van der Waals surface area contributed by atoms with Crippen molar-refractivity contribution in [3.8, 4) is 5.75 Å². The molecule has 1 amide bonds. The summed E-state index contributed by atoms with van der Waals surface area (Å²) in [6.07, 6.45) is 7.10. The van der Waals surface area contributed by atoms with Crippen LogP contribution < -0.4 is 4.74 Å². The van der Waals surface area contributed by atoms with E-state index in [0.717, 1.165) is 49.8 Å². The lowest BCUT2D eigenvalue weighted by atomic mass is 9.77. The highest BCUT2D eigenvalue weighted by Gasteiger charge is 2.44. The van der Waals surface area contributed by atoms with E-state index in [0.29, 0.717) is 25.9 Å². The minimum atomic E-state index is -0.780. The standard InChI is InChI=1S/C27H35NO4/c1-32-24-16-14-23(15-17-24)27(18-6-7-19-27)26(31)28(20-8-5-13-25(29)30)21-9-12-22-10-3-2-4-11-22/h2-4,10-11,14-17H,5-9,12-13,18-21H2,1H3,(H,29,30). The predicted molar refractivity (Wildman–Crippen MR) is 126 cm³/mol. The van der Waals surface area contributed by atoms with Gasteiger partial charge in [-0.1, -0.05) is 55.3 Å². The molecule has 0 unspecified atom stereocenters. The normalized spacial score (nSPS) is 14.8. The zero-order valence-electron chi connectivity index (χ0n) is 19.1. The molecule has 0 aliphatic heterocycles. The topological polar surface area (TPSA) is 66.8 Å². The van der Waals surface area contributed by atoms with Crippen molar-refractivity contribution >= 4 is 11.9 Å². The van der Waals surface area contributed by atoms with Crippen LogP contribution in [0.5, 0.6) is 5.75 Å². The van der Waals surface area contributed by atoms with Crippen molar-refractivity contribution in [2.24, 2.45) is 0 Å². The molecule has 0 radical (unpaired) electrons. The van der Waals surface area contributed by atoms with Crippen molar-refractivity contribution in [2.45, 2.75) is 63.2 Å². The molecule has 1 saturated carbocycles. The number of ether oxygens (including phenoxy) is 1. The number of hydrogen-bond donors (Lipinski definition) is 1. The molecular weight excluding hydrogens is 402 g/mol. The van der Waals surface area contributed by atoms with Gasteiger partial charge in [0.1, 0.15) is 5.75 Å². The average Bonchev–Trinajstić information content (AvgIpc) is 3.32. The highest BCUT2D eigenvalue weighted by Crippen LogP contribution is 2.43. The molecule has 0 atom stereocenters. The van der Waals surface area contributed by atoms with Gasteiger partial charge in [0, 0.05) is 19.5 Å². The van der Waals surface area contributed by atoms with Crippen LogP contribution >= 0.6 is 0 Å². The Hall–Kier alpha value is -2.82. The summed E-state index contributed by atoms with van der Waals surface area (Å²) in [4.78, 5) is 26.9. The summed E-state index contributed by atoms with van der Waals surface area (Å²) in [5.41, 5.74) is 1.86. The first-order chi connectivity index (χ1) is 15.5. The number of carbonyl (C=O) groups excluding carboxylic acids is 1. The Bertz CT molecular complexity index is 857. The van der Waals surface area contributed by atoms with Gasteiger partial charge < -0.3 is 14.7 Å². The van der Waals surface area contributed by atoms with Gasteiger partial charge in [-0.05, 0) is 61.8 Å². The number of unbranched alkanes of at least 4 members (excludes halogenated alkanes) is 1. The fourth-order valence-corrected chi connectivity index (χ4v) is 4.83. The molecule has 2 aromatic rings. The maximum absolute atomic E-state index is 14.0. The number of hydrogen-bond acceptors (Lipinski definition) is 3. The van der Waals surface area contributed by atoms with E-state index in [1.807, 2.05) is 47.4 Å². The van der Waals surface area contributed by atoms with Crippen LogP contribution in [0.2, 0.25) is 0 Å². The molecular formula is C27H35NO4. The molecule has 32 heavy (non-hydrogen) atoms. The van der Waals surface area contributed by atoms with Crippen molar-refractivity contribution in [1.29, 1.82) is 0 Å². The Morgan fingerprint density at radius 1 is 0.938 bits per heavy atom. The van der Waals surface area contributed by atoms with Gasteiger partial charge in [0.25, 0.3) is 0 Å². The maximum Gasteiger partial charge on any atom is 0.303 e. The van der Waals surface area contributed by atoms with Gasteiger partial charge in [-0.15, -0.1) is 0 Å². The van der Waals surface area contributed by atoms with E-state index in [4.69, 9.17) is 9.84 Å². The first kappa shape index (κ1) is 23.8. The largest absolute Gasteiger partial charge is 0.497 e. The summed E-state index contributed by atoms with van der Waals surface area (Å²) in [6.45, 7) is 1.30. The monoisotopic (exact) mass is 437 g/mol. The number of methoxy groups -OCH3 is 1. The zero-order valence-corrected chi connectivity index (χ0v) is 19.1. The number of carboxylic acid groups (broad SMARTS) is 1. The molecule has 0 aromatic heterocycles. The first-order valence-electron chi connectivity index (χ1n) is 11.7. The molecule has 0 spiro atoms. The minimum absolute atomic E-state index is 0.148. The smallest absolute Gasteiger partial charge is 0.303 e. The van der Waals surface area contributed by atoms with E-state index in [1.54, 1.807) is 7.11 Å². The van der Waals surface area contributed by atoms with Gasteiger partial charge in [0.15, 0.2) is 0 Å². The van der Waals surface area contributed by atoms with Gasteiger partial charge in [-0.2, -0.15) is 0 Å². The Morgan fingerprint density at radius 2 is 1.59 bits per heavy atom. The van der Waals surface area contributed by atoms with Crippen LogP contribution in [0.25, 0.3) is 0 Å². The Balaban J connectivity index is 1.74. The van der Waals surface area contributed by atoms with Gasteiger partial charge in [-0.25, -0.2) is 0 Å². The second kappa shape index (κ2) is 11.7. The number of aliphatic carboxylic acids is 1. The minimum Gasteiger partial charge on any atom is -0.497 e. The highest BCUT2D eigenvalue weighted by atomic mass is 16.5. The fraction of sp³-hybridized carbons (Fsp3) is 0.481. The quantitative estimate of drug-likeness (QED) is 0.462. The Kier molecular flexibility index (Phi) is 8.72. The van der Waals surface area contributed by atoms with Gasteiger partial charge >= 0.3 is 5.97 Å². The SMILES string of the molecule is COc1ccc(C2(C(=O)N(CCCCC(=O)O)CCCc3ccccc3)CCCC2)cc1. The van der Waals surface area contributed by atoms with Crippen LogP contribution in [0.1, 0.15) is 62.5 Å². The molecule has 5 heteroatoms. The van der Waals surface area contributed by atoms with Gasteiger partial charge in [0.2, 0.25) is 5.91 Å². The van der Waals surface area contributed by atoms with Crippen molar-refractivity contribution in [2.75, 3.05) is 20.2 Å². The third-order valence-electron chi connectivity index (χ3n) is 6.60. The van der Waals surface area contributed by atoms with E-state index in [9.17, 15) is 9.59 Å². The Morgan fingerprint density at radius 3 is 2.22 bits per heavy atom. The Labute approximate surface area is 191 Å². The molecule has 0 heterocycles. The maximum atomic E-state index is 14.0. The van der Waals surface area contributed by atoms with Crippen molar-refractivity contribution in [1.82, 2.24) is 4.90 Å². The molecule has 2 aromatic carbocycles. The number of carboxylic acids is 1. The van der Waals surface area contributed by atoms with Crippen LogP contribution in [0.15, 0.2) is 54.6 Å². The number of carbonyl (C=O) groups is 2. The lowest BCUT2D eigenvalue weighted by Crippen LogP contribution is -2.46. The molecule has 1 N–H and O–H groups in total. The summed E-state index contributed by atoms with van der Waals surface area (Å²) in [5, 5.41) is 8.97. The molecule has 0 bridgehead atoms. The number of amides is 1. The van der Waals surface area contributed by atoms with E-state index >= 15 is 0 Å². The molecule has 1 aliphatic carbocycles. The summed E-state index contributed by atoms with van der Waals surface area (Å²) in [5.74, 6) is 0.212. The van der Waals surface area contributed by atoms with E-state index in [2.05, 4.69) is 12.1 Å². The van der Waals surface area contributed by atoms with Crippen molar-refractivity contribution in [3.63, 3.8) is 0 Å². The number of aryl methyl sites for hydroxylation is 1. The third kappa shape index (κ3) is 6.12. The summed E-state index contributed by atoms with van der Waals surface area (Å²) < 4.78 is 5.31. The van der Waals surface area contributed by atoms with Crippen LogP contribution in [-0.2, 0) is 21.4 Å². The van der Waals surface area contributed by atoms with E-state index in [-0.39, 0.29) is 12.3 Å². The second-order valence-electron chi connectivity index (χ2n) is 8.75. The molecule has 1 fully saturated rings. The molecule has 1 aliphatic rings. The van der Waals surface area contributed by atoms with Gasteiger partial charge in [0.05, 0.1) is 12.5 Å². The lowest BCUT2D eigenvalue weighted by Gasteiger charge is -2.35. The highest BCUT2D eigenvalue weighted by molar-refractivity contribution is 5.88. The molecule has 172 valence electrons. The predicted octanol–water partition coefficient (Wildman–Crippen LogP) is 5.22. The number of rotatable bonds is 12. The fourth-order valence-electron chi connectivity index (χ4n) is 4.83. The van der Waals surface area contributed by atoms with Gasteiger partial charge in [-0.3, -0.25) is 9.59 Å². The van der Waals surface area contributed by atoms with Crippen LogP contribution in [-0.4, -0.2) is 42.1 Å². The first-order valence-corrected chi connectivity index (χ1v) is 11.7. The summed E-state index contributed by atoms with van der Waals surface area (Å²) in [7, 11) is 1.65. The van der Waals surface area contributed by atoms with Crippen LogP contribution in [0.4, 0.5) is 0 Å². The molecule has 3 rings (SSSR count). The van der Waals surface area contributed by atoms with E-state index in [1.165, 1.54) is 5.56 Å². The summed E-state index contributed by atoms with van der Waals surface area (Å²) >= 11 is 0. The van der Waals surface area contributed by atoms with Crippen molar-refractivity contribution < 1.29 is 19.4 Å². The molecule has 5 nitrogen and oxygen atoms in total. The average molecular weight is 438 g/mol. The zero-order chi connectivity index (χ0) is 22.8. The van der Waals surface area contributed by atoms with E-state index < -0.39 is 11.4 Å². The molecule has 0 saturated heterocycles. The summed E-state index contributed by atoms with van der Waals surface area (Å²) in [6, 6.07) is 18.3.